The zero-order chi connectivity index (χ0) is 13.2. The van der Waals surface area contributed by atoms with E-state index in [4.69, 9.17) is 0 Å². The van der Waals surface area contributed by atoms with Gasteiger partial charge in [-0.3, -0.25) is 0 Å². The van der Waals surface area contributed by atoms with Crippen LogP contribution in [0.4, 0.5) is 10.1 Å². The van der Waals surface area contributed by atoms with Crippen molar-refractivity contribution in [3.05, 3.63) is 65.5 Å². The summed E-state index contributed by atoms with van der Waals surface area (Å²) in [5, 5.41) is 3.29. The number of halogens is 1. The standard InChI is InChI=1S/C17H18FN/c1-12-6-2-3-7-15(12)13-10-14(11-13)19-17-9-5-4-8-16(17)18/h2-9,13-14,19H,10-11H2,1H3. The number of para-hydroxylation sites is 1. The molecule has 2 heteroatoms. The van der Waals surface area contributed by atoms with E-state index in [-0.39, 0.29) is 5.82 Å². The Hall–Kier alpha value is -1.83. The predicted molar refractivity (Wildman–Crippen MR) is 77.0 cm³/mol. The van der Waals surface area contributed by atoms with Gasteiger partial charge in [-0.15, -0.1) is 0 Å². The summed E-state index contributed by atoms with van der Waals surface area (Å²) in [6.45, 7) is 2.16. The Kier molecular flexibility index (Phi) is 3.24. The minimum Gasteiger partial charge on any atom is -0.380 e. The van der Waals surface area contributed by atoms with E-state index >= 15 is 0 Å². The van der Waals surface area contributed by atoms with Crippen molar-refractivity contribution in [3.63, 3.8) is 0 Å². The fourth-order valence-electron chi connectivity index (χ4n) is 2.83. The van der Waals surface area contributed by atoms with Gasteiger partial charge in [-0.1, -0.05) is 36.4 Å². The molecule has 2 aromatic rings. The highest BCUT2D eigenvalue weighted by molar-refractivity contribution is 5.46. The zero-order valence-corrected chi connectivity index (χ0v) is 11.1. The second-order valence-electron chi connectivity index (χ2n) is 5.35. The first-order chi connectivity index (χ1) is 9.24. The van der Waals surface area contributed by atoms with Gasteiger partial charge in [-0.05, 0) is 48.9 Å². The van der Waals surface area contributed by atoms with Crippen molar-refractivity contribution < 1.29 is 4.39 Å². The third kappa shape index (κ3) is 2.48. The van der Waals surface area contributed by atoms with Gasteiger partial charge < -0.3 is 5.32 Å². The predicted octanol–water partition coefficient (Wildman–Crippen LogP) is 4.49. The minimum absolute atomic E-state index is 0.165. The Morgan fingerprint density at radius 3 is 2.42 bits per heavy atom. The van der Waals surface area contributed by atoms with Crippen LogP contribution in [0.3, 0.4) is 0 Å². The van der Waals surface area contributed by atoms with Crippen LogP contribution in [-0.2, 0) is 0 Å². The molecule has 0 unspecified atom stereocenters. The molecule has 1 aliphatic rings. The van der Waals surface area contributed by atoms with Gasteiger partial charge in [0.05, 0.1) is 5.69 Å². The highest BCUT2D eigenvalue weighted by Crippen LogP contribution is 2.39. The summed E-state index contributed by atoms with van der Waals surface area (Å²) in [7, 11) is 0. The third-order valence-electron chi connectivity index (χ3n) is 4.00. The molecule has 0 saturated heterocycles. The van der Waals surface area contributed by atoms with E-state index in [1.165, 1.54) is 17.2 Å². The first-order valence-electron chi connectivity index (χ1n) is 6.80. The summed E-state index contributed by atoms with van der Waals surface area (Å²) in [5.41, 5.74) is 3.42. The van der Waals surface area contributed by atoms with Crippen LogP contribution in [0.15, 0.2) is 48.5 Å². The maximum Gasteiger partial charge on any atom is 0.146 e. The molecule has 3 rings (SSSR count). The fourth-order valence-corrected chi connectivity index (χ4v) is 2.83. The van der Waals surface area contributed by atoms with E-state index in [0.717, 1.165) is 12.8 Å². The maximum absolute atomic E-state index is 13.5. The van der Waals surface area contributed by atoms with Crippen LogP contribution >= 0.6 is 0 Å². The summed E-state index contributed by atoms with van der Waals surface area (Å²) in [6, 6.07) is 15.8. The monoisotopic (exact) mass is 255 g/mol. The second-order valence-corrected chi connectivity index (χ2v) is 5.35. The molecule has 0 spiro atoms. The van der Waals surface area contributed by atoms with Crippen LogP contribution in [0.25, 0.3) is 0 Å². The number of rotatable bonds is 3. The molecule has 1 fully saturated rings. The van der Waals surface area contributed by atoms with E-state index in [1.54, 1.807) is 12.1 Å². The van der Waals surface area contributed by atoms with Crippen molar-refractivity contribution in [2.75, 3.05) is 5.32 Å². The molecule has 0 radical (unpaired) electrons. The molecule has 1 nitrogen and oxygen atoms in total. The molecule has 0 aliphatic heterocycles. The normalized spacial score (nSPS) is 21.8. The molecule has 0 atom stereocenters. The lowest BCUT2D eigenvalue weighted by molar-refractivity contribution is 0.372. The SMILES string of the molecule is Cc1ccccc1C1CC(Nc2ccccc2F)C1. The van der Waals surface area contributed by atoms with Crippen molar-refractivity contribution >= 4 is 5.69 Å². The van der Waals surface area contributed by atoms with Crippen LogP contribution < -0.4 is 5.32 Å². The van der Waals surface area contributed by atoms with Gasteiger partial charge in [0, 0.05) is 6.04 Å². The molecule has 19 heavy (non-hydrogen) atoms. The van der Waals surface area contributed by atoms with Crippen molar-refractivity contribution in [1.29, 1.82) is 0 Å². The molecule has 0 aromatic heterocycles. The van der Waals surface area contributed by atoms with Crippen LogP contribution in [0, 0.1) is 12.7 Å². The molecule has 0 heterocycles. The van der Waals surface area contributed by atoms with Crippen LogP contribution in [0.1, 0.15) is 29.9 Å². The summed E-state index contributed by atoms with van der Waals surface area (Å²) >= 11 is 0. The van der Waals surface area contributed by atoms with Crippen molar-refractivity contribution in [2.24, 2.45) is 0 Å². The fraction of sp³-hybridized carbons (Fsp3) is 0.294. The Morgan fingerprint density at radius 1 is 1.00 bits per heavy atom. The lowest BCUT2D eigenvalue weighted by Crippen LogP contribution is -2.34. The maximum atomic E-state index is 13.5. The van der Waals surface area contributed by atoms with Crippen LogP contribution in [-0.4, -0.2) is 6.04 Å². The van der Waals surface area contributed by atoms with E-state index in [9.17, 15) is 4.39 Å². The van der Waals surface area contributed by atoms with Gasteiger partial charge in [-0.2, -0.15) is 0 Å². The highest BCUT2D eigenvalue weighted by atomic mass is 19.1. The lowest BCUT2D eigenvalue weighted by Gasteiger charge is -2.37. The van der Waals surface area contributed by atoms with E-state index in [2.05, 4.69) is 36.5 Å². The van der Waals surface area contributed by atoms with Gasteiger partial charge in [0.15, 0.2) is 0 Å². The summed E-state index contributed by atoms with van der Waals surface area (Å²) in [4.78, 5) is 0. The van der Waals surface area contributed by atoms with Crippen molar-refractivity contribution in [3.8, 4) is 0 Å². The molecule has 0 bridgehead atoms. The molecule has 1 aliphatic carbocycles. The minimum atomic E-state index is -0.165. The molecule has 2 aromatic carbocycles. The average Bonchev–Trinajstić information content (AvgIpc) is 2.37. The third-order valence-corrected chi connectivity index (χ3v) is 4.00. The molecular weight excluding hydrogens is 237 g/mol. The molecule has 1 N–H and O–H groups in total. The summed E-state index contributed by atoms with van der Waals surface area (Å²) < 4.78 is 13.5. The van der Waals surface area contributed by atoms with Gasteiger partial charge in [0.2, 0.25) is 0 Å². The molecule has 0 amide bonds. The lowest BCUT2D eigenvalue weighted by atomic mass is 9.74. The second kappa shape index (κ2) is 5.04. The Bertz CT molecular complexity index is 573. The number of hydrogen-bond donors (Lipinski definition) is 1. The number of benzene rings is 2. The van der Waals surface area contributed by atoms with E-state index in [0.29, 0.717) is 17.6 Å². The number of hydrogen-bond acceptors (Lipinski definition) is 1. The van der Waals surface area contributed by atoms with E-state index in [1.807, 2.05) is 6.07 Å². The largest absolute Gasteiger partial charge is 0.380 e. The smallest absolute Gasteiger partial charge is 0.146 e. The first-order valence-corrected chi connectivity index (χ1v) is 6.80. The Labute approximate surface area is 113 Å². The topological polar surface area (TPSA) is 12.0 Å². The quantitative estimate of drug-likeness (QED) is 0.852. The van der Waals surface area contributed by atoms with E-state index < -0.39 is 0 Å². The zero-order valence-electron chi connectivity index (χ0n) is 11.1. The Morgan fingerprint density at radius 2 is 1.68 bits per heavy atom. The highest BCUT2D eigenvalue weighted by Gasteiger charge is 2.31. The number of aryl methyl sites for hydroxylation is 1. The Balaban J connectivity index is 1.62. The van der Waals surface area contributed by atoms with Crippen molar-refractivity contribution in [2.45, 2.75) is 31.7 Å². The van der Waals surface area contributed by atoms with Crippen LogP contribution in [0.5, 0.6) is 0 Å². The van der Waals surface area contributed by atoms with Gasteiger partial charge >= 0.3 is 0 Å². The number of anilines is 1. The molecular formula is C17H18FN. The van der Waals surface area contributed by atoms with Gasteiger partial charge in [0.25, 0.3) is 0 Å². The summed E-state index contributed by atoms with van der Waals surface area (Å²) in [5.74, 6) is 0.451. The summed E-state index contributed by atoms with van der Waals surface area (Å²) in [6.07, 6.45) is 2.17. The molecule has 1 saturated carbocycles. The first kappa shape index (κ1) is 12.2. The van der Waals surface area contributed by atoms with Crippen molar-refractivity contribution in [1.82, 2.24) is 0 Å². The molecule has 98 valence electrons. The van der Waals surface area contributed by atoms with Gasteiger partial charge in [-0.25, -0.2) is 4.39 Å². The average molecular weight is 255 g/mol. The van der Waals surface area contributed by atoms with Gasteiger partial charge in [0.1, 0.15) is 5.82 Å². The number of nitrogens with one attached hydrogen (secondary N) is 1. The van der Waals surface area contributed by atoms with Crippen LogP contribution in [0.2, 0.25) is 0 Å².